The minimum absolute atomic E-state index is 0.438. The van der Waals surface area contributed by atoms with Crippen molar-refractivity contribution in [3.63, 3.8) is 0 Å². The van der Waals surface area contributed by atoms with Gasteiger partial charge in [0, 0.05) is 10.2 Å². The first-order valence-corrected chi connectivity index (χ1v) is 4.74. The van der Waals surface area contributed by atoms with Crippen LogP contribution in [0.15, 0.2) is 30.3 Å². The molecular weight excluding hydrogens is 140 g/mol. The number of hydrogen-bond donors (Lipinski definition) is 0. The lowest BCUT2D eigenvalue weighted by Crippen LogP contribution is -1.84. The molecule has 1 heterocycles. The summed E-state index contributed by atoms with van der Waals surface area (Å²) in [5.41, 5.74) is 1.91. The summed E-state index contributed by atoms with van der Waals surface area (Å²) in [5.74, 6) is 0. The predicted octanol–water partition coefficient (Wildman–Crippen LogP) is 0.449. The Hall–Kier alpha value is -0.603. The average molecular weight is 150 g/mol. The molecule has 0 aliphatic carbocycles. The summed E-state index contributed by atoms with van der Waals surface area (Å²) >= 11 is 0. The molecule has 0 spiro atoms. The van der Waals surface area contributed by atoms with Crippen molar-refractivity contribution in [2.45, 2.75) is 11.8 Å². The Bertz CT molecular complexity index is 222. The fraction of sp³-hybridized carbons (Fsp3) is 0.250. The number of hydrogen-bond acceptors (Lipinski definition) is 1. The maximum atomic E-state index is 5.36. The maximum absolute atomic E-state index is 5.36. The fourth-order valence-corrected chi connectivity index (χ4v) is 1.86. The molecule has 0 N–H and O–H groups in total. The molecule has 2 atom stereocenters. The van der Waals surface area contributed by atoms with E-state index in [-0.39, 0.29) is 0 Å². The van der Waals surface area contributed by atoms with Gasteiger partial charge in [-0.25, -0.2) is 0 Å². The van der Waals surface area contributed by atoms with Gasteiger partial charge in [0.1, 0.15) is 6.10 Å². The van der Waals surface area contributed by atoms with Crippen molar-refractivity contribution in [2.24, 2.45) is 0 Å². The zero-order valence-corrected chi connectivity index (χ0v) is 7.95. The van der Waals surface area contributed by atoms with Gasteiger partial charge in [-0.05, 0) is 5.56 Å². The molecule has 1 saturated heterocycles. The van der Waals surface area contributed by atoms with Crippen LogP contribution in [-0.4, -0.2) is 16.0 Å². The van der Waals surface area contributed by atoms with Crippen molar-refractivity contribution in [1.29, 1.82) is 0 Å². The van der Waals surface area contributed by atoms with E-state index in [1.54, 1.807) is 0 Å². The molecule has 0 amide bonds. The van der Waals surface area contributed by atoms with Crippen LogP contribution < -0.4 is 0 Å². The van der Waals surface area contributed by atoms with Gasteiger partial charge in [0.15, 0.2) is 0 Å². The monoisotopic (exact) mass is 150 g/mol. The average Bonchev–Trinajstić information content (AvgIpc) is 2.69. The lowest BCUT2D eigenvalue weighted by molar-refractivity contribution is 0.404. The lowest BCUT2D eigenvalue weighted by atomic mass is 10.2. The summed E-state index contributed by atoms with van der Waals surface area (Å²) in [6.45, 7) is 0. The fourth-order valence-electron chi connectivity index (χ4n) is 1.18. The van der Waals surface area contributed by atoms with Crippen LogP contribution in [0, 0.1) is 0 Å². The topological polar surface area (TPSA) is 12.5 Å². The largest absolute Gasteiger partial charge is 0.369 e. The first-order valence-electron chi connectivity index (χ1n) is 3.58. The highest BCUT2D eigenvalue weighted by Gasteiger charge is 2.34. The van der Waals surface area contributed by atoms with E-state index in [0.717, 1.165) is 10.2 Å². The van der Waals surface area contributed by atoms with Gasteiger partial charge in [-0.1, -0.05) is 30.3 Å². The van der Waals surface area contributed by atoms with Crippen LogP contribution in [-0.2, 0) is 4.74 Å². The normalized spacial score (nSPS) is 30.4. The van der Waals surface area contributed by atoms with Crippen molar-refractivity contribution in [3.8, 4) is 0 Å². The highest BCUT2D eigenvalue weighted by Crippen LogP contribution is 2.35. The molecule has 0 aromatic heterocycles. The third-order valence-corrected chi connectivity index (χ3v) is 2.72. The highest BCUT2D eigenvalue weighted by molar-refractivity contribution is 6.13. The Morgan fingerprint density at radius 1 is 1.20 bits per heavy atom. The van der Waals surface area contributed by atoms with E-state index in [1.807, 2.05) is 6.07 Å². The van der Waals surface area contributed by atoms with E-state index >= 15 is 0 Å². The van der Waals surface area contributed by atoms with Crippen LogP contribution in [0.5, 0.6) is 0 Å². The van der Waals surface area contributed by atoms with Gasteiger partial charge in [0.25, 0.3) is 0 Å². The van der Waals surface area contributed by atoms with E-state index < -0.39 is 0 Å². The molecule has 1 aromatic rings. The highest BCUT2D eigenvalue weighted by atomic mass is 28.1. The lowest BCUT2D eigenvalue weighted by Gasteiger charge is -1.90. The summed E-state index contributed by atoms with van der Waals surface area (Å²) in [5, 5.41) is 0. The first kappa shape index (κ1) is 6.13. The molecular formula is C8H10OSi. The Labute approximate surface area is 63.4 Å². The molecule has 1 aliphatic heterocycles. The molecule has 0 radical (unpaired) electrons. The third-order valence-electron chi connectivity index (χ3n) is 1.84. The number of ether oxygens (including phenoxy) is 1. The van der Waals surface area contributed by atoms with Crippen LogP contribution in [0.25, 0.3) is 0 Å². The Morgan fingerprint density at radius 3 is 2.30 bits per heavy atom. The zero-order valence-electron chi connectivity index (χ0n) is 5.95. The molecule has 1 aromatic carbocycles. The van der Waals surface area contributed by atoms with Gasteiger partial charge >= 0.3 is 0 Å². The SMILES string of the molecule is [SiH3][C@H]1O[C@H]1c1ccccc1. The van der Waals surface area contributed by atoms with Crippen molar-refractivity contribution in [1.82, 2.24) is 0 Å². The third kappa shape index (κ3) is 1.00. The molecule has 52 valence electrons. The van der Waals surface area contributed by atoms with Gasteiger partial charge in [-0.3, -0.25) is 0 Å². The van der Waals surface area contributed by atoms with Crippen molar-refractivity contribution in [3.05, 3.63) is 35.9 Å². The van der Waals surface area contributed by atoms with E-state index in [9.17, 15) is 0 Å². The molecule has 0 saturated carbocycles. The van der Waals surface area contributed by atoms with Gasteiger partial charge in [-0.15, -0.1) is 0 Å². The molecule has 2 heteroatoms. The van der Waals surface area contributed by atoms with E-state index in [0.29, 0.717) is 11.8 Å². The van der Waals surface area contributed by atoms with E-state index in [2.05, 4.69) is 24.3 Å². The quantitative estimate of drug-likeness (QED) is 0.418. The number of rotatable bonds is 1. The second-order valence-electron chi connectivity index (χ2n) is 2.67. The van der Waals surface area contributed by atoms with Gasteiger partial charge < -0.3 is 4.74 Å². The number of benzene rings is 1. The van der Waals surface area contributed by atoms with Crippen molar-refractivity contribution >= 4 is 10.2 Å². The van der Waals surface area contributed by atoms with Crippen LogP contribution >= 0.6 is 0 Å². The zero-order chi connectivity index (χ0) is 6.97. The minimum Gasteiger partial charge on any atom is -0.369 e. The summed E-state index contributed by atoms with van der Waals surface area (Å²) in [4.78, 5) is 0. The Kier molecular flexibility index (Phi) is 1.36. The maximum Gasteiger partial charge on any atom is 0.105 e. The summed E-state index contributed by atoms with van der Waals surface area (Å²) < 4.78 is 5.36. The standard InChI is InChI=1S/C8H10OSi/c10-8-7(9-8)6-4-2-1-3-5-6/h1-5,7-8H,10H3/t7-,8+/m0/s1. The first-order chi connectivity index (χ1) is 4.88. The summed E-state index contributed by atoms with van der Waals surface area (Å²) in [6.07, 6.45) is 0.438. The van der Waals surface area contributed by atoms with Crippen LogP contribution in [0.4, 0.5) is 0 Å². The van der Waals surface area contributed by atoms with Crippen molar-refractivity contribution in [2.75, 3.05) is 0 Å². The van der Waals surface area contributed by atoms with Crippen molar-refractivity contribution < 1.29 is 4.74 Å². The van der Waals surface area contributed by atoms with Crippen LogP contribution in [0.1, 0.15) is 11.7 Å². The molecule has 1 nitrogen and oxygen atoms in total. The molecule has 1 aliphatic rings. The Balaban J connectivity index is 2.20. The smallest absolute Gasteiger partial charge is 0.105 e. The molecule has 0 bridgehead atoms. The predicted molar refractivity (Wildman–Crippen MR) is 44.0 cm³/mol. The Morgan fingerprint density at radius 2 is 1.80 bits per heavy atom. The van der Waals surface area contributed by atoms with E-state index in [1.165, 1.54) is 5.56 Å². The van der Waals surface area contributed by atoms with Crippen LogP contribution in [0.3, 0.4) is 0 Å². The van der Waals surface area contributed by atoms with Gasteiger partial charge in [0.2, 0.25) is 0 Å². The second-order valence-corrected chi connectivity index (χ2v) is 3.81. The number of epoxide rings is 1. The summed E-state index contributed by atoms with van der Waals surface area (Å²) in [6, 6.07) is 10.4. The van der Waals surface area contributed by atoms with E-state index in [4.69, 9.17) is 4.74 Å². The minimum atomic E-state index is 0.438. The molecule has 1 fully saturated rings. The molecule has 10 heavy (non-hydrogen) atoms. The molecule has 2 rings (SSSR count). The van der Waals surface area contributed by atoms with Crippen LogP contribution in [0.2, 0.25) is 0 Å². The molecule has 0 unspecified atom stereocenters. The van der Waals surface area contributed by atoms with Gasteiger partial charge in [0.05, 0.1) is 5.73 Å². The second kappa shape index (κ2) is 2.22. The summed E-state index contributed by atoms with van der Waals surface area (Å²) in [7, 11) is 1.16. The van der Waals surface area contributed by atoms with Gasteiger partial charge in [-0.2, -0.15) is 0 Å².